The van der Waals surface area contributed by atoms with Crippen LogP contribution in [0.1, 0.15) is 15.9 Å². The Morgan fingerprint density at radius 1 is 1.17 bits per heavy atom. The molecule has 0 saturated carbocycles. The van der Waals surface area contributed by atoms with Gasteiger partial charge in [0.15, 0.2) is 0 Å². The standard InChI is InChI=1S/C16H16ClFN2O3S/c1-10-8-11(18)4-7-15(10)19-16(21)13-9-12(5-6-14(13)17)24(22,23)20(2)3/h4-9H,1-3H3,(H,19,21). The van der Waals surface area contributed by atoms with Crippen molar-refractivity contribution >= 4 is 33.2 Å². The number of amides is 1. The van der Waals surface area contributed by atoms with E-state index >= 15 is 0 Å². The van der Waals surface area contributed by atoms with Gasteiger partial charge in [0.1, 0.15) is 5.82 Å². The Bertz CT molecular complexity index is 898. The van der Waals surface area contributed by atoms with E-state index in [9.17, 15) is 17.6 Å². The molecule has 0 spiro atoms. The van der Waals surface area contributed by atoms with Gasteiger partial charge in [0.2, 0.25) is 10.0 Å². The predicted octanol–water partition coefficient (Wildman–Crippen LogP) is 3.29. The summed E-state index contributed by atoms with van der Waals surface area (Å²) in [6, 6.07) is 7.83. The van der Waals surface area contributed by atoms with Crippen molar-refractivity contribution in [2.75, 3.05) is 19.4 Å². The molecule has 0 aliphatic rings. The Morgan fingerprint density at radius 3 is 2.42 bits per heavy atom. The topological polar surface area (TPSA) is 66.5 Å². The highest BCUT2D eigenvalue weighted by molar-refractivity contribution is 7.89. The highest BCUT2D eigenvalue weighted by atomic mass is 35.5. The van der Waals surface area contributed by atoms with Crippen LogP contribution >= 0.6 is 11.6 Å². The molecule has 0 heterocycles. The van der Waals surface area contributed by atoms with Crippen molar-refractivity contribution in [2.24, 2.45) is 0 Å². The first-order chi connectivity index (χ1) is 11.1. The van der Waals surface area contributed by atoms with E-state index in [0.717, 1.165) is 4.31 Å². The summed E-state index contributed by atoms with van der Waals surface area (Å²) in [7, 11) is -0.902. The van der Waals surface area contributed by atoms with Gasteiger partial charge in [-0.2, -0.15) is 0 Å². The monoisotopic (exact) mass is 370 g/mol. The summed E-state index contributed by atoms with van der Waals surface area (Å²) in [5, 5.41) is 2.72. The van der Waals surface area contributed by atoms with Gasteiger partial charge in [-0.1, -0.05) is 11.6 Å². The molecule has 0 atom stereocenters. The fourth-order valence-electron chi connectivity index (χ4n) is 2.01. The lowest BCUT2D eigenvalue weighted by Gasteiger charge is -2.14. The van der Waals surface area contributed by atoms with Crippen LogP contribution in [0.5, 0.6) is 0 Å². The molecule has 5 nitrogen and oxygen atoms in total. The minimum Gasteiger partial charge on any atom is -0.322 e. The summed E-state index contributed by atoms with van der Waals surface area (Å²) in [5.74, 6) is -0.992. The van der Waals surface area contributed by atoms with E-state index in [2.05, 4.69) is 5.32 Å². The maximum atomic E-state index is 13.1. The van der Waals surface area contributed by atoms with Crippen molar-refractivity contribution in [1.29, 1.82) is 0 Å². The first-order valence-electron chi connectivity index (χ1n) is 6.92. The third kappa shape index (κ3) is 3.75. The second-order valence-corrected chi connectivity index (χ2v) is 7.90. The molecule has 0 radical (unpaired) electrons. The third-order valence-electron chi connectivity index (χ3n) is 3.40. The van der Waals surface area contributed by atoms with Gasteiger partial charge >= 0.3 is 0 Å². The normalized spacial score (nSPS) is 11.6. The molecule has 2 rings (SSSR count). The number of hydrogen-bond donors (Lipinski definition) is 1. The molecule has 2 aromatic rings. The maximum absolute atomic E-state index is 13.1. The third-order valence-corrected chi connectivity index (χ3v) is 5.54. The second-order valence-electron chi connectivity index (χ2n) is 5.34. The Balaban J connectivity index is 2.39. The molecule has 1 N–H and O–H groups in total. The van der Waals surface area contributed by atoms with Crippen molar-refractivity contribution in [3.05, 3.63) is 58.4 Å². The van der Waals surface area contributed by atoms with Crippen LogP contribution in [-0.2, 0) is 10.0 Å². The van der Waals surface area contributed by atoms with Gasteiger partial charge in [-0.15, -0.1) is 0 Å². The fraction of sp³-hybridized carbons (Fsp3) is 0.188. The lowest BCUT2D eigenvalue weighted by Crippen LogP contribution is -2.23. The summed E-state index contributed by atoms with van der Waals surface area (Å²) in [4.78, 5) is 12.4. The molecule has 0 unspecified atom stereocenters. The number of carbonyl (C=O) groups excluding carboxylic acids is 1. The highest BCUT2D eigenvalue weighted by Crippen LogP contribution is 2.24. The molecule has 1 amide bonds. The van der Waals surface area contributed by atoms with Gasteiger partial charge in [-0.3, -0.25) is 4.79 Å². The summed E-state index contributed by atoms with van der Waals surface area (Å²) in [6.07, 6.45) is 0. The fourth-order valence-corrected chi connectivity index (χ4v) is 3.14. The summed E-state index contributed by atoms with van der Waals surface area (Å²) < 4.78 is 38.5. The molecule has 128 valence electrons. The molecule has 8 heteroatoms. The Hall–Kier alpha value is -1.96. The Labute approximate surface area is 145 Å². The largest absolute Gasteiger partial charge is 0.322 e. The van der Waals surface area contributed by atoms with Crippen LogP contribution in [0, 0.1) is 12.7 Å². The number of aryl methyl sites for hydroxylation is 1. The van der Waals surface area contributed by atoms with E-state index in [4.69, 9.17) is 11.6 Å². The van der Waals surface area contributed by atoms with Crippen LogP contribution in [0.4, 0.5) is 10.1 Å². The lowest BCUT2D eigenvalue weighted by atomic mass is 10.1. The summed E-state index contributed by atoms with van der Waals surface area (Å²) in [6.45, 7) is 1.65. The Kier molecular flexibility index (Phi) is 5.27. The zero-order valence-electron chi connectivity index (χ0n) is 13.3. The minimum absolute atomic E-state index is 0.0170. The van der Waals surface area contributed by atoms with Crippen molar-refractivity contribution in [3.63, 3.8) is 0 Å². The molecule has 0 aliphatic heterocycles. The van der Waals surface area contributed by atoms with Gasteiger partial charge in [0.05, 0.1) is 15.5 Å². The van der Waals surface area contributed by atoms with Gasteiger partial charge in [-0.05, 0) is 48.9 Å². The molecular weight excluding hydrogens is 355 g/mol. The van der Waals surface area contributed by atoms with E-state index in [1.807, 2.05) is 0 Å². The number of benzene rings is 2. The molecule has 0 aliphatic carbocycles. The number of nitrogens with zero attached hydrogens (tertiary/aromatic N) is 1. The summed E-state index contributed by atoms with van der Waals surface area (Å²) in [5.41, 5.74) is 0.971. The molecular formula is C16H16ClFN2O3S. The van der Waals surface area contributed by atoms with Gasteiger partial charge in [0.25, 0.3) is 5.91 Å². The van der Waals surface area contributed by atoms with Crippen molar-refractivity contribution in [3.8, 4) is 0 Å². The second kappa shape index (κ2) is 6.88. The number of hydrogen-bond acceptors (Lipinski definition) is 3. The van der Waals surface area contributed by atoms with Crippen LogP contribution in [0.3, 0.4) is 0 Å². The van der Waals surface area contributed by atoms with Gasteiger partial charge in [0, 0.05) is 19.8 Å². The van der Waals surface area contributed by atoms with E-state index in [0.29, 0.717) is 11.3 Å². The van der Waals surface area contributed by atoms with Crippen molar-refractivity contribution in [2.45, 2.75) is 11.8 Å². The van der Waals surface area contributed by atoms with Gasteiger partial charge < -0.3 is 5.32 Å². The smallest absolute Gasteiger partial charge is 0.257 e. The number of anilines is 1. The quantitative estimate of drug-likeness (QED) is 0.898. The molecule has 0 bridgehead atoms. The zero-order valence-corrected chi connectivity index (χ0v) is 14.9. The number of halogens is 2. The average molecular weight is 371 g/mol. The number of rotatable bonds is 4. The van der Waals surface area contributed by atoms with Crippen LogP contribution < -0.4 is 5.32 Å². The zero-order chi connectivity index (χ0) is 18.1. The van der Waals surface area contributed by atoms with E-state index < -0.39 is 21.7 Å². The van der Waals surface area contributed by atoms with Gasteiger partial charge in [-0.25, -0.2) is 17.1 Å². The van der Waals surface area contributed by atoms with Crippen LogP contribution in [-0.4, -0.2) is 32.7 Å². The van der Waals surface area contributed by atoms with Crippen molar-refractivity contribution in [1.82, 2.24) is 4.31 Å². The molecule has 0 saturated heterocycles. The predicted molar refractivity (Wildman–Crippen MR) is 91.4 cm³/mol. The van der Waals surface area contributed by atoms with Crippen LogP contribution in [0.25, 0.3) is 0 Å². The van der Waals surface area contributed by atoms with E-state index in [1.54, 1.807) is 6.92 Å². The Morgan fingerprint density at radius 2 is 1.83 bits per heavy atom. The van der Waals surface area contributed by atoms with Crippen molar-refractivity contribution < 1.29 is 17.6 Å². The molecule has 2 aromatic carbocycles. The average Bonchev–Trinajstić information content (AvgIpc) is 2.50. The van der Waals surface area contributed by atoms with Crippen LogP contribution in [0.15, 0.2) is 41.3 Å². The first kappa shape index (κ1) is 18.4. The van der Waals surface area contributed by atoms with Crippen LogP contribution in [0.2, 0.25) is 5.02 Å². The number of nitrogens with one attached hydrogen (secondary N) is 1. The lowest BCUT2D eigenvalue weighted by molar-refractivity contribution is 0.102. The number of carbonyl (C=O) groups is 1. The molecule has 0 aromatic heterocycles. The SMILES string of the molecule is Cc1cc(F)ccc1NC(=O)c1cc(S(=O)(=O)N(C)C)ccc1Cl. The molecule has 24 heavy (non-hydrogen) atoms. The minimum atomic E-state index is -3.69. The van der Waals surface area contributed by atoms with E-state index in [-0.39, 0.29) is 15.5 Å². The highest BCUT2D eigenvalue weighted by Gasteiger charge is 2.21. The maximum Gasteiger partial charge on any atom is 0.257 e. The van der Waals surface area contributed by atoms with E-state index in [1.165, 1.54) is 50.5 Å². The summed E-state index contributed by atoms with van der Waals surface area (Å²) >= 11 is 6.02. The molecule has 0 fully saturated rings. The first-order valence-corrected chi connectivity index (χ1v) is 8.74. The number of sulfonamides is 1.